The van der Waals surface area contributed by atoms with Crippen molar-refractivity contribution >= 4 is 34.4 Å². The fourth-order valence-corrected chi connectivity index (χ4v) is 5.60. The number of esters is 1. The highest BCUT2D eigenvalue weighted by Crippen LogP contribution is 2.31. The molecule has 0 spiro atoms. The molecule has 0 N–H and O–H groups in total. The Morgan fingerprint density at radius 3 is 2.07 bits per heavy atom. The quantitative estimate of drug-likeness (QED) is 0.115. The molecule has 6 heteroatoms. The molecule has 0 fully saturated rings. The van der Waals surface area contributed by atoms with E-state index < -0.39 is 0 Å². The van der Waals surface area contributed by atoms with Gasteiger partial charge in [0.05, 0.1) is 18.5 Å². The fraction of sp³-hybridized carbons (Fsp3) is 0.400. The van der Waals surface area contributed by atoms with Gasteiger partial charge in [0.2, 0.25) is 0 Å². The Balaban J connectivity index is 1.59. The highest BCUT2D eigenvalue weighted by Gasteiger charge is 2.22. The van der Waals surface area contributed by atoms with Crippen LogP contribution in [0.15, 0.2) is 89.1 Å². The third-order valence-electron chi connectivity index (χ3n) is 8.04. The lowest BCUT2D eigenvalue weighted by atomic mass is 10.0. The third kappa shape index (κ3) is 11.2. The molecule has 1 aromatic heterocycles. The second kappa shape index (κ2) is 18.3. The lowest BCUT2D eigenvalue weighted by Gasteiger charge is -2.08. The molecule has 0 amide bonds. The van der Waals surface area contributed by atoms with Crippen LogP contribution in [0.25, 0.3) is 10.9 Å². The van der Waals surface area contributed by atoms with E-state index in [1.54, 1.807) is 28.8 Å². The predicted octanol–water partition coefficient (Wildman–Crippen LogP) is 10.9. The zero-order valence-corrected chi connectivity index (χ0v) is 29.4. The van der Waals surface area contributed by atoms with E-state index >= 15 is 0 Å². The Hall–Kier alpha value is -3.83. The van der Waals surface area contributed by atoms with E-state index in [1.807, 2.05) is 38.1 Å². The molecule has 246 valence electrons. The van der Waals surface area contributed by atoms with Gasteiger partial charge in [-0.3, -0.25) is 14.2 Å². The van der Waals surface area contributed by atoms with Gasteiger partial charge < -0.3 is 9.47 Å². The Bertz CT molecular complexity index is 1630. The molecular formula is C40H50ClNO4. The van der Waals surface area contributed by atoms with Gasteiger partial charge in [-0.05, 0) is 135 Å². The van der Waals surface area contributed by atoms with E-state index in [-0.39, 0.29) is 24.9 Å². The highest BCUT2D eigenvalue weighted by molar-refractivity contribution is 6.31. The molecule has 3 rings (SSSR count). The average molecular weight is 644 g/mol. The Morgan fingerprint density at radius 1 is 0.826 bits per heavy atom. The lowest BCUT2D eigenvalue weighted by Crippen LogP contribution is -2.14. The molecule has 0 radical (unpaired) electrons. The van der Waals surface area contributed by atoms with Gasteiger partial charge in [0.25, 0.3) is 5.91 Å². The highest BCUT2D eigenvalue weighted by atomic mass is 35.5. The van der Waals surface area contributed by atoms with Crippen molar-refractivity contribution in [3.8, 4) is 5.75 Å². The summed E-state index contributed by atoms with van der Waals surface area (Å²) >= 11 is 6.17. The fourth-order valence-electron chi connectivity index (χ4n) is 5.41. The van der Waals surface area contributed by atoms with Gasteiger partial charge in [-0.15, -0.1) is 0 Å². The number of hydrogen-bond acceptors (Lipinski definition) is 4. The maximum atomic E-state index is 13.6. The monoisotopic (exact) mass is 643 g/mol. The summed E-state index contributed by atoms with van der Waals surface area (Å²) in [5, 5.41) is 1.28. The van der Waals surface area contributed by atoms with Crippen molar-refractivity contribution in [3.05, 3.63) is 111 Å². The van der Waals surface area contributed by atoms with Gasteiger partial charge >= 0.3 is 5.97 Å². The molecule has 0 unspecified atom stereocenters. The molecule has 0 atom stereocenters. The second-order valence-electron chi connectivity index (χ2n) is 12.2. The first-order valence-electron chi connectivity index (χ1n) is 16.3. The molecule has 0 aliphatic heterocycles. The van der Waals surface area contributed by atoms with Crippen LogP contribution in [0.5, 0.6) is 5.75 Å². The molecule has 3 aromatic rings. The van der Waals surface area contributed by atoms with Gasteiger partial charge in [-0.1, -0.05) is 58.2 Å². The summed E-state index contributed by atoms with van der Waals surface area (Å²) in [6.45, 7) is 15.3. The molecule has 1 heterocycles. The minimum atomic E-state index is -0.344. The van der Waals surface area contributed by atoms with E-state index in [4.69, 9.17) is 21.1 Å². The van der Waals surface area contributed by atoms with Crippen molar-refractivity contribution in [2.45, 2.75) is 93.4 Å². The summed E-state index contributed by atoms with van der Waals surface area (Å²) < 4.78 is 13.0. The van der Waals surface area contributed by atoms with Gasteiger partial charge in [-0.25, -0.2) is 0 Å². The second-order valence-corrected chi connectivity index (χ2v) is 12.7. The van der Waals surface area contributed by atoms with E-state index in [0.717, 1.165) is 49.5 Å². The zero-order chi connectivity index (χ0) is 33.6. The number of halogens is 1. The maximum absolute atomic E-state index is 13.6. The standard InChI is InChI=1S/C40H50ClNO4/c1-8-45-35-21-22-38-37(26-35)36(32(7)42(38)40(44)33-19-12-20-34(41)25-33)27-39(43)46-24-23-31(6)18-11-17-30(5)16-10-15-29(4)14-9-13-28(2)3/h12-13,15,17,19-23,25-26H,8-11,14,16,18,24,27H2,1-7H3/b29-15+,30-17+,31-23+. The first-order chi connectivity index (χ1) is 22.0. The van der Waals surface area contributed by atoms with Crippen molar-refractivity contribution in [1.82, 2.24) is 4.57 Å². The molecule has 0 aliphatic carbocycles. The van der Waals surface area contributed by atoms with E-state index in [1.165, 1.54) is 22.3 Å². The zero-order valence-electron chi connectivity index (χ0n) is 28.7. The molecular weight excluding hydrogens is 594 g/mol. The van der Waals surface area contributed by atoms with Crippen LogP contribution in [0.4, 0.5) is 0 Å². The van der Waals surface area contributed by atoms with Crippen molar-refractivity contribution in [3.63, 3.8) is 0 Å². The Labute approximate surface area is 280 Å². The van der Waals surface area contributed by atoms with Crippen molar-refractivity contribution in [2.24, 2.45) is 0 Å². The lowest BCUT2D eigenvalue weighted by molar-refractivity contribution is -0.141. The minimum Gasteiger partial charge on any atom is -0.494 e. The molecule has 0 aliphatic rings. The van der Waals surface area contributed by atoms with Gasteiger partial charge in [0.15, 0.2) is 0 Å². The molecule has 2 aromatic carbocycles. The number of carbonyl (C=O) groups excluding carboxylic acids is 2. The van der Waals surface area contributed by atoms with Crippen LogP contribution in [0, 0.1) is 6.92 Å². The van der Waals surface area contributed by atoms with Crippen molar-refractivity contribution in [2.75, 3.05) is 13.2 Å². The smallest absolute Gasteiger partial charge is 0.310 e. The molecule has 46 heavy (non-hydrogen) atoms. The van der Waals surface area contributed by atoms with Crippen LogP contribution < -0.4 is 4.74 Å². The van der Waals surface area contributed by atoms with Crippen molar-refractivity contribution in [1.29, 1.82) is 0 Å². The number of hydrogen-bond donors (Lipinski definition) is 0. The normalized spacial score (nSPS) is 12.4. The topological polar surface area (TPSA) is 57.5 Å². The van der Waals surface area contributed by atoms with Crippen molar-refractivity contribution < 1.29 is 19.1 Å². The molecule has 0 bridgehead atoms. The first kappa shape index (κ1) is 36.6. The molecule has 5 nitrogen and oxygen atoms in total. The summed E-state index contributed by atoms with van der Waals surface area (Å²) in [7, 11) is 0. The number of allylic oxidation sites excluding steroid dienone is 7. The van der Waals surface area contributed by atoms with Gasteiger partial charge in [0, 0.05) is 21.7 Å². The summed E-state index contributed by atoms with van der Waals surface area (Å²) in [5.74, 6) is 0.128. The number of carbonyl (C=O) groups is 2. The molecule has 0 saturated carbocycles. The largest absolute Gasteiger partial charge is 0.494 e. The van der Waals surface area contributed by atoms with Crippen LogP contribution in [-0.4, -0.2) is 29.7 Å². The van der Waals surface area contributed by atoms with Gasteiger partial charge in [0.1, 0.15) is 12.4 Å². The number of ether oxygens (including phenoxy) is 2. The third-order valence-corrected chi connectivity index (χ3v) is 8.28. The number of nitrogens with zero attached hydrogens (tertiary/aromatic N) is 1. The number of benzene rings is 2. The average Bonchev–Trinajstić information content (AvgIpc) is 3.26. The summed E-state index contributed by atoms with van der Waals surface area (Å²) in [4.78, 5) is 26.6. The first-order valence-corrected chi connectivity index (χ1v) is 16.7. The van der Waals surface area contributed by atoms with Crippen LogP contribution in [0.2, 0.25) is 5.02 Å². The Kier molecular flexibility index (Phi) is 14.6. The summed E-state index contributed by atoms with van der Waals surface area (Å²) in [5.41, 5.74) is 8.05. The van der Waals surface area contributed by atoms with Gasteiger partial charge in [-0.2, -0.15) is 0 Å². The van der Waals surface area contributed by atoms with Crippen LogP contribution >= 0.6 is 11.6 Å². The number of fused-ring (bicyclic) bond motifs is 1. The minimum absolute atomic E-state index is 0.0470. The Morgan fingerprint density at radius 2 is 1.46 bits per heavy atom. The molecule has 0 saturated heterocycles. The van der Waals surface area contributed by atoms with E-state index in [0.29, 0.717) is 34.2 Å². The van der Waals surface area contributed by atoms with E-state index in [9.17, 15) is 9.59 Å². The number of rotatable bonds is 16. The summed E-state index contributed by atoms with van der Waals surface area (Å²) in [6, 6.07) is 12.5. The number of aromatic nitrogens is 1. The maximum Gasteiger partial charge on any atom is 0.310 e. The summed E-state index contributed by atoms with van der Waals surface area (Å²) in [6.07, 6.45) is 15.3. The predicted molar refractivity (Wildman–Crippen MR) is 192 cm³/mol. The van der Waals surface area contributed by atoms with Crippen LogP contribution in [0.3, 0.4) is 0 Å². The van der Waals surface area contributed by atoms with Crippen LogP contribution in [-0.2, 0) is 16.0 Å². The van der Waals surface area contributed by atoms with Crippen LogP contribution in [0.1, 0.15) is 102 Å². The van der Waals surface area contributed by atoms with E-state index in [2.05, 4.69) is 52.8 Å². The SMILES string of the molecule is CCOc1ccc2c(c1)c(CC(=O)OC/C=C(\C)CC/C=C(\C)CC/C=C(\C)CCC=C(C)C)c(C)n2C(=O)c1cccc(Cl)c1.